The second kappa shape index (κ2) is 37.4. The molecule has 0 unspecified atom stereocenters. The highest BCUT2D eigenvalue weighted by Gasteiger charge is 2.25. The highest BCUT2D eigenvalue weighted by atomic mass is 15.3. The van der Waals surface area contributed by atoms with E-state index in [1.807, 2.05) is 0 Å². The third kappa shape index (κ3) is 31.9. The fourth-order valence-electron chi connectivity index (χ4n) is 7.53. The number of hydrogen-bond acceptors (Lipinski definition) is 0. The molecule has 0 saturated heterocycles. The third-order valence-corrected chi connectivity index (χ3v) is 10.7. The maximum Gasteiger partial charge on any atom is 0.0786 e. The molecule has 0 spiro atoms. The molecule has 0 bridgehead atoms. The van der Waals surface area contributed by atoms with Gasteiger partial charge in [-0.3, -0.25) is 0 Å². The molecule has 0 amide bonds. The smallest absolute Gasteiger partial charge is 0.0786 e. The van der Waals surface area contributed by atoms with Crippen LogP contribution in [-0.2, 0) is 0 Å². The Morgan fingerprint density at radius 3 is 0.477 bits per heavy atom. The van der Waals surface area contributed by atoms with Crippen LogP contribution >= 0.6 is 0 Å². The van der Waals surface area contributed by atoms with Crippen molar-refractivity contribution in [3.8, 4) is 0 Å². The molecule has 0 N–H and O–H groups in total. The van der Waals surface area contributed by atoms with Gasteiger partial charge in [0.2, 0.25) is 0 Å². The van der Waals surface area contributed by atoms with E-state index in [1.54, 1.807) is 0 Å². The van der Waals surface area contributed by atoms with Crippen LogP contribution in [0.25, 0.3) is 0 Å². The number of quaternary nitrogens is 1. The van der Waals surface area contributed by atoms with Gasteiger partial charge in [-0.2, -0.15) is 0 Å². The fraction of sp³-hybridized carbons (Fsp3) is 1.00. The summed E-state index contributed by atoms with van der Waals surface area (Å²) in [4.78, 5) is 0. The van der Waals surface area contributed by atoms with Crippen LogP contribution < -0.4 is 0 Å². The van der Waals surface area contributed by atoms with Crippen molar-refractivity contribution in [2.75, 3.05) is 26.2 Å². The van der Waals surface area contributed by atoms with Gasteiger partial charge in [-0.1, -0.05) is 201 Å². The van der Waals surface area contributed by atoms with Crippen molar-refractivity contribution < 1.29 is 4.48 Å². The van der Waals surface area contributed by atoms with Crippen molar-refractivity contribution in [2.45, 2.75) is 252 Å². The predicted molar refractivity (Wildman–Crippen MR) is 204 cm³/mol. The first-order valence-corrected chi connectivity index (χ1v) is 21.6. The van der Waals surface area contributed by atoms with Crippen molar-refractivity contribution >= 4 is 0 Å². The lowest BCUT2D eigenvalue weighted by molar-refractivity contribution is -0.929. The molecule has 0 aliphatic carbocycles. The average Bonchev–Trinajstić information content (AvgIpc) is 3.03. The van der Waals surface area contributed by atoms with Crippen molar-refractivity contribution in [3.05, 3.63) is 0 Å². The maximum absolute atomic E-state index is 2.35. The molecule has 44 heavy (non-hydrogen) atoms. The molecule has 0 atom stereocenters. The quantitative estimate of drug-likeness (QED) is 0.0473. The zero-order valence-corrected chi connectivity index (χ0v) is 32.0. The van der Waals surface area contributed by atoms with Gasteiger partial charge in [0.25, 0.3) is 0 Å². The van der Waals surface area contributed by atoms with Crippen LogP contribution in [0.3, 0.4) is 0 Å². The Bertz CT molecular complexity index is 458. The van der Waals surface area contributed by atoms with Gasteiger partial charge in [0.15, 0.2) is 0 Å². The Kier molecular flexibility index (Phi) is 37.4. The summed E-state index contributed by atoms with van der Waals surface area (Å²) >= 11 is 0. The van der Waals surface area contributed by atoms with Gasteiger partial charge in [0, 0.05) is 0 Å². The first kappa shape index (κ1) is 44.0. The van der Waals surface area contributed by atoms with Gasteiger partial charge in [0.1, 0.15) is 0 Å². The van der Waals surface area contributed by atoms with Crippen LogP contribution in [0.5, 0.6) is 0 Å². The second-order valence-electron chi connectivity index (χ2n) is 15.2. The molecule has 0 rings (SSSR count). The Labute approximate surface area is 282 Å². The molecule has 0 aliphatic heterocycles. The van der Waals surface area contributed by atoms with E-state index in [0.717, 1.165) is 0 Å². The molecule has 0 aromatic rings. The number of nitrogens with zero attached hydrogens (tertiary/aromatic N) is 1. The van der Waals surface area contributed by atoms with Crippen molar-refractivity contribution in [3.63, 3.8) is 0 Å². The van der Waals surface area contributed by atoms with Gasteiger partial charge in [-0.15, -0.1) is 0 Å². The zero-order chi connectivity index (χ0) is 32.1. The van der Waals surface area contributed by atoms with Crippen LogP contribution in [0.4, 0.5) is 0 Å². The first-order valence-electron chi connectivity index (χ1n) is 21.6. The van der Waals surface area contributed by atoms with E-state index < -0.39 is 0 Å². The molecule has 0 aromatic heterocycles. The van der Waals surface area contributed by atoms with E-state index >= 15 is 0 Å². The summed E-state index contributed by atoms with van der Waals surface area (Å²) in [7, 11) is 0. The van der Waals surface area contributed by atoms with E-state index in [1.165, 1.54) is 255 Å². The maximum atomic E-state index is 2.35. The Morgan fingerprint density at radius 1 is 0.182 bits per heavy atom. The predicted octanol–water partition coefficient (Wildman–Crippen LogP) is 15.5. The molecular formula is C43H90N+. The van der Waals surface area contributed by atoms with Crippen LogP contribution in [0.15, 0.2) is 0 Å². The Hall–Kier alpha value is -0.0400. The summed E-state index contributed by atoms with van der Waals surface area (Å²) in [5, 5.41) is 0. The SMILES string of the molecule is CCCCCCCCCCCCCCCCCCC[N+](CCCCCCCC)(CCCCCCCC)CCCCCCCC. The summed E-state index contributed by atoms with van der Waals surface area (Å²) in [6.07, 6.45) is 51.2. The van der Waals surface area contributed by atoms with Crippen LogP contribution in [0.2, 0.25) is 0 Å². The van der Waals surface area contributed by atoms with E-state index in [2.05, 4.69) is 27.7 Å². The molecule has 0 aromatic carbocycles. The zero-order valence-electron chi connectivity index (χ0n) is 32.0. The Morgan fingerprint density at radius 2 is 0.318 bits per heavy atom. The van der Waals surface area contributed by atoms with Gasteiger partial charge in [-0.05, 0) is 51.4 Å². The summed E-state index contributed by atoms with van der Waals surface area (Å²) in [5.41, 5.74) is 0. The molecular weight excluding hydrogens is 530 g/mol. The lowest BCUT2D eigenvalue weighted by Gasteiger charge is -2.40. The topological polar surface area (TPSA) is 0 Å². The molecule has 1 nitrogen and oxygen atoms in total. The summed E-state index contributed by atoms with van der Waals surface area (Å²) < 4.78 is 1.48. The van der Waals surface area contributed by atoms with Crippen LogP contribution in [-0.4, -0.2) is 30.7 Å². The highest BCUT2D eigenvalue weighted by Crippen LogP contribution is 2.21. The van der Waals surface area contributed by atoms with E-state index in [9.17, 15) is 0 Å². The van der Waals surface area contributed by atoms with Crippen LogP contribution in [0, 0.1) is 0 Å². The minimum Gasteiger partial charge on any atom is -0.324 e. The lowest BCUT2D eigenvalue weighted by atomic mass is 10.0. The molecule has 0 saturated carbocycles. The molecule has 0 fully saturated rings. The summed E-state index contributed by atoms with van der Waals surface area (Å²) in [5.74, 6) is 0. The fourth-order valence-corrected chi connectivity index (χ4v) is 7.53. The average molecular weight is 621 g/mol. The molecule has 0 radical (unpaired) electrons. The minimum atomic E-state index is 1.37. The van der Waals surface area contributed by atoms with Crippen molar-refractivity contribution in [1.29, 1.82) is 0 Å². The number of hydrogen-bond donors (Lipinski definition) is 0. The second-order valence-corrected chi connectivity index (χ2v) is 15.2. The third-order valence-electron chi connectivity index (χ3n) is 10.7. The molecule has 266 valence electrons. The van der Waals surface area contributed by atoms with Gasteiger partial charge in [0.05, 0.1) is 26.2 Å². The largest absolute Gasteiger partial charge is 0.324 e. The molecule has 1 heteroatoms. The molecule has 0 heterocycles. The summed E-state index contributed by atoms with van der Waals surface area (Å²) in [6, 6.07) is 0. The van der Waals surface area contributed by atoms with E-state index in [4.69, 9.17) is 0 Å². The number of unbranched alkanes of at least 4 members (excludes halogenated alkanes) is 31. The van der Waals surface area contributed by atoms with Gasteiger partial charge < -0.3 is 4.48 Å². The summed E-state index contributed by atoms with van der Waals surface area (Å²) in [6.45, 7) is 15.3. The highest BCUT2D eigenvalue weighted by molar-refractivity contribution is 4.56. The normalized spacial score (nSPS) is 12.0. The standard InChI is InChI=1S/C43H90N/c1-5-9-13-17-21-22-23-24-25-26-27-28-29-30-31-35-39-43-44(40-36-32-18-14-10-6-2,41-37-33-19-15-11-7-3)42-38-34-20-16-12-8-4/h5-43H2,1-4H3/q+1. The van der Waals surface area contributed by atoms with Gasteiger partial charge >= 0.3 is 0 Å². The van der Waals surface area contributed by atoms with Crippen molar-refractivity contribution in [1.82, 2.24) is 0 Å². The minimum absolute atomic E-state index is 1.37. The van der Waals surface area contributed by atoms with E-state index in [-0.39, 0.29) is 0 Å². The molecule has 0 aliphatic rings. The first-order chi connectivity index (χ1) is 21.7. The van der Waals surface area contributed by atoms with Gasteiger partial charge in [-0.25, -0.2) is 0 Å². The monoisotopic (exact) mass is 621 g/mol. The Balaban J connectivity index is 4.40. The van der Waals surface area contributed by atoms with Crippen molar-refractivity contribution in [2.24, 2.45) is 0 Å². The van der Waals surface area contributed by atoms with E-state index in [0.29, 0.717) is 0 Å². The van der Waals surface area contributed by atoms with Crippen LogP contribution in [0.1, 0.15) is 252 Å². The number of rotatable bonds is 39. The lowest BCUT2D eigenvalue weighted by Crippen LogP contribution is -2.50.